The van der Waals surface area contributed by atoms with Crippen LogP contribution in [0.25, 0.3) is 11.4 Å². The van der Waals surface area contributed by atoms with Gasteiger partial charge >= 0.3 is 0 Å². The van der Waals surface area contributed by atoms with Gasteiger partial charge in [0.15, 0.2) is 5.82 Å². The number of nitriles is 1. The fourth-order valence-corrected chi connectivity index (χ4v) is 2.20. The molecule has 0 atom stereocenters. The molecule has 1 aromatic carbocycles. The minimum Gasteiger partial charge on any atom is -0.236 e. The summed E-state index contributed by atoms with van der Waals surface area (Å²) in [6.45, 7) is 2.16. The first kappa shape index (κ1) is 16.0. The lowest BCUT2D eigenvalue weighted by Gasteiger charge is -2.04. The molecule has 0 radical (unpaired) electrons. The van der Waals surface area contributed by atoms with E-state index < -0.39 is 17.2 Å². The molecule has 0 saturated carbocycles. The molecule has 1 heterocycles. The van der Waals surface area contributed by atoms with Gasteiger partial charge in [0.1, 0.15) is 23.3 Å². The van der Waals surface area contributed by atoms with Crippen molar-refractivity contribution in [3.63, 3.8) is 0 Å². The Kier molecular flexibility index (Phi) is 5.54. The summed E-state index contributed by atoms with van der Waals surface area (Å²) >= 11 is 0. The van der Waals surface area contributed by atoms with Crippen LogP contribution in [0.15, 0.2) is 24.5 Å². The van der Waals surface area contributed by atoms with Gasteiger partial charge in [0, 0.05) is 18.0 Å². The van der Waals surface area contributed by atoms with Crippen LogP contribution in [0.5, 0.6) is 0 Å². The molecule has 5 heteroatoms. The zero-order chi connectivity index (χ0) is 15.9. The molecule has 2 rings (SSSR count). The van der Waals surface area contributed by atoms with Gasteiger partial charge in [0.05, 0.1) is 0 Å². The van der Waals surface area contributed by atoms with Crippen LogP contribution in [-0.4, -0.2) is 9.97 Å². The lowest BCUT2D eigenvalue weighted by atomic mass is 10.1. The third-order valence-corrected chi connectivity index (χ3v) is 3.44. The lowest BCUT2D eigenvalue weighted by molar-refractivity contribution is 0.577. The average Bonchev–Trinajstić information content (AvgIpc) is 2.52. The predicted octanol–water partition coefficient (Wildman–Crippen LogP) is 4.42. The number of unbranched alkanes of at least 4 members (excludes halogenated alkanes) is 3. The van der Waals surface area contributed by atoms with Gasteiger partial charge in [-0.2, -0.15) is 5.26 Å². The second-order valence-electron chi connectivity index (χ2n) is 5.15. The van der Waals surface area contributed by atoms with Crippen molar-refractivity contribution in [2.45, 2.75) is 39.0 Å². The highest BCUT2D eigenvalue weighted by atomic mass is 19.1. The van der Waals surface area contributed by atoms with E-state index in [0.29, 0.717) is 0 Å². The molecule has 2 aromatic rings. The second-order valence-corrected chi connectivity index (χ2v) is 5.15. The van der Waals surface area contributed by atoms with Gasteiger partial charge in [-0.1, -0.05) is 26.2 Å². The van der Waals surface area contributed by atoms with Gasteiger partial charge in [-0.3, -0.25) is 0 Å². The van der Waals surface area contributed by atoms with Crippen molar-refractivity contribution in [2.75, 3.05) is 0 Å². The highest BCUT2D eigenvalue weighted by molar-refractivity contribution is 5.57. The van der Waals surface area contributed by atoms with Crippen molar-refractivity contribution in [1.82, 2.24) is 9.97 Å². The molecule has 0 aliphatic carbocycles. The SMILES string of the molecule is CCCCCCc1cnc(-c2cc(F)c(C#N)c(F)c2)nc1. The minimum atomic E-state index is -0.898. The predicted molar refractivity (Wildman–Crippen MR) is 79.9 cm³/mol. The molecule has 0 aliphatic heterocycles. The maximum absolute atomic E-state index is 13.6. The Morgan fingerprint density at radius 3 is 2.23 bits per heavy atom. The fraction of sp³-hybridized carbons (Fsp3) is 0.353. The maximum Gasteiger partial charge on any atom is 0.159 e. The number of hydrogen-bond donors (Lipinski definition) is 0. The van der Waals surface area contributed by atoms with E-state index in [0.717, 1.165) is 30.5 Å². The molecular formula is C17H17F2N3. The first-order valence-corrected chi connectivity index (χ1v) is 7.36. The molecule has 22 heavy (non-hydrogen) atoms. The quantitative estimate of drug-likeness (QED) is 0.742. The smallest absolute Gasteiger partial charge is 0.159 e. The summed E-state index contributed by atoms with van der Waals surface area (Å²) in [5.74, 6) is -1.55. The molecule has 0 saturated heterocycles. The van der Waals surface area contributed by atoms with E-state index in [9.17, 15) is 8.78 Å². The van der Waals surface area contributed by atoms with Crippen LogP contribution in [0, 0.1) is 23.0 Å². The number of halogens is 2. The van der Waals surface area contributed by atoms with Crippen LogP contribution >= 0.6 is 0 Å². The van der Waals surface area contributed by atoms with Crippen LogP contribution in [0.3, 0.4) is 0 Å². The number of benzene rings is 1. The average molecular weight is 301 g/mol. The van der Waals surface area contributed by atoms with E-state index in [1.54, 1.807) is 12.4 Å². The Balaban J connectivity index is 2.12. The Morgan fingerprint density at radius 2 is 1.68 bits per heavy atom. The van der Waals surface area contributed by atoms with Crippen LogP contribution in [0.2, 0.25) is 0 Å². The van der Waals surface area contributed by atoms with E-state index in [1.165, 1.54) is 25.3 Å². The number of nitrogens with zero attached hydrogens (tertiary/aromatic N) is 3. The zero-order valence-corrected chi connectivity index (χ0v) is 12.4. The summed E-state index contributed by atoms with van der Waals surface area (Å²) in [5.41, 5.74) is 0.650. The summed E-state index contributed by atoms with van der Waals surface area (Å²) in [7, 11) is 0. The highest BCUT2D eigenvalue weighted by Gasteiger charge is 2.13. The van der Waals surface area contributed by atoms with Crippen LogP contribution in [0.4, 0.5) is 8.78 Å². The molecule has 114 valence electrons. The van der Waals surface area contributed by atoms with Gasteiger partial charge in [-0.05, 0) is 30.5 Å². The largest absolute Gasteiger partial charge is 0.236 e. The van der Waals surface area contributed by atoms with Crippen molar-refractivity contribution in [2.24, 2.45) is 0 Å². The minimum absolute atomic E-state index is 0.228. The molecular weight excluding hydrogens is 284 g/mol. The van der Waals surface area contributed by atoms with Crippen LogP contribution < -0.4 is 0 Å². The van der Waals surface area contributed by atoms with Crippen molar-refractivity contribution in [1.29, 1.82) is 5.26 Å². The van der Waals surface area contributed by atoms with Gasteiger partial charge in [0.2, 0.25) is 0 Å². The highest BCUT2D eigenvalue weighted by Crippen LogP contribution is 2.21. The van der Waals surface area contributed by atoms with Gasteiger partial charge < -0.3 is 0 Å². The maximum atomic E-state index is 13.6. The molecule has 0 spiro atoms. The van der Waals surface area contributed by atoms with Crippen LogP contribution in [0.1, 0.15) is 43.7 Å². The van der Waals surface area contributed by atoms with Gasteiger partial charge in [-0.15, -0.1) is 0 Å². The van der Waals surface area contributed by atoms with Gasteiger partial charge in [-0.25, -0.2) is 18.7 Å². The normalized spacial score (nSPS) is 10.5. The Labute approximate surface area is 128 Å². The van der Waals surface area contributed by atoms with E-state index in [1.807, 2.05) is 0 Å². The Morgan fingerprint density at radius 1 is 1.05 bits per heavy atom. The first-order valence-electron chi connectivity index (χ1n) is 7.36. The summed E-state index contributed by atoms with van der Waals surface area (Å²) in [5, 5.41) is 8.66. The van der Waals surface area contributed by atoms with Crippen molar-refractivity contribution >= 4 is 0 Å². The standard InChI is InChI=1S/C17H17F2N3/c1-2-3-4-5-6-12-10-21-17(22-11-12)13-7-15(18)14(9-20)16(19)8-13/h7-8,10-11H,2-6H2,1H3. The lowest BCUT2D eigenvalue weighted by Crippen LogP contribution is -1.96. The third kappa shape index (κ3) is 3.85. The molecule has 0 N–H and O–H groups in total. The Bertz CT molecular complexity index is 652. The van der Waals surface area contributed by atoms with E-state index in [4.69, 9.17) is 5.26 Å². The van der Waals surface area contributed by atoms with Crippen LogP contribution in [-0.2, 0) is 6.42 Å². The van der Waals surface area contributed by atoms with E-state index >= 15 is 0 Å². The molecule has 0 bridgehead atoms. The number of aromatic nitrogens is 2. The van der Waals surface area contributed by atoms with Crippen molar-refractivity contribution in [3.8, 4) is 17.5 Å². The molecule has 3 nitrogen and oxygen atoms in total. The van der Waals surface area contributed by atoms with Crippen molar-refractivity contribution in [3.05, 3.63) is 47.3 Å². The first-order chi connectivity index (χ1) is 10.7. The second kappa shape index (κ2) is 7.60. The summed E-state index contributed by atoms with van der Waals surface area (Å²) in [6, 6.07) is 3.66. The van der Waals surface area contributed by atoms with E-state index in [2.05, 4.69) is 16.9 Å². The van der Waals surface area contributed by atoms with E-state index in [-0.39, 0.29) is 11.4 Å². The molecule has 0 amide bonds. The molecule has 1 aromatic heterocycles. The molecule has 0 aliphatic rings. The third-order valence-electron chi connectivity index (χ3n) is 3.44. The monoisotopic (exact) mass is 301 g/mol. The number of rotatable bonds is 6. The molecule has 0 unspecified atom stereocenters. The van der Waals surface area contributed by atoms with Gasteiger partial charge in [0.25, 0.3) is 0 Å². The topological polar surface area (TPSA) is 49.6 Å². The summed E-state index contributed by atoms with van der Waals surface area (Å²) in [4.78, 5) is 8.32. The molecule has 0 fully saturated rings. The number of aryl methyl sites for hydroxylation is 1. The summed E-state index contributed by atoms with van der Waals surface area (Å²) in [6.07, 6.45) is 8.91. The number of hydrogen-bond acceptors (Lipinski definition) is 3. The fourth-order valence-electron chi connectivity index (χ4n) is 2.20. The summed E-state index contributed by atoms with van der Waals surface area (Å²) < 4.78 is 27.2. The van der Waals surface area contributed by atoms with Crippen molar-refractivity contribution < 1.29 is 8.78 Å². The zero-order valence-electron chi connectivity index (χ0n) is 12.4. The Hall–Kier alpha value is -2.35.